The summed E-state index contributed by atoms with van der Waals surface area (Å²) in [5.74, 6) is 0.812. The van der Waals surface area contributed by atoms with E-state index in [9.17, 15) is 9.59 Å². The number of carbonyl (C=O) groups excluding carboxylic acids is 2. The molecule has 2 aliphatic heterocycles. The number of carbonyl (C=O) groups is 2. The number of aryl methyl sites for hydroxylation is 2. The fourth-order valence-electron chi connectivity index (χ4n) is 3.06. The van der Waals surface area contributed by atoms with Gasteiger partial charge in [-0.05, 0) is 26.3 Å². The number of aromatic nitrogens is 2. The molecule has 1 aromatic rings. The molecule has 0 saturated carbocycles. The van der Waals surface area contributed by atoms with Crippen molar-refractivity contribution in [3.05, 3.63) is 17.5 Å². The molecule has 0 aliphatic carbocycles. The lowest BCUT2D eigenvalue weighted by Gasteiger charge is -2.31. The predicted molar refractivity (Wildman–Crippen MR) is 84.7 cm³/mol. The summed E-state index contributed by atoms with van der Waals surface area (Å²) in [6, 6.07) is 1.03. The molecular formula is C15H21N6O2+. The molecule has 2 aliphatic rings. The zero-order valence-electron chi connectivity index (χ0n) is 14.1. The monoisotopic (exact) mass is 317 g/mol. The van der Waals surface area contributed by atoms with E-state index >= 15 is 0 Å². The molecule has 3 amide bonds. The highest BCUT2D eigenvalue weighted by Gasteiger charge is 2.51. The number of likely N-dealkylation sites (N-methyl/N-ethyl adjacent to an activating group) is 2. The summed E-state index contributed by atoms with van der Waals surface area (Å²) >= 11 is 0. The molecule has 3 rings (SSSR count). The van der Waals surface area contributed by atoms with Crippen LogP contribution in [0.1, 0.15) is 24.7 Å². The molecule has 0 bridgehead atoms. The molecule has 1 fully saturated rings. The third-order valence-corrected chi connectivity index (χ3v) is 4.17. The number of rotatable bonds is 2. The Morgan fingerprint density at radius 1 is 1.22 bits per heavy atom. The minimum atomic E-state index is -0.568. The van der Waals surface area contributed by atoms with Crippen molar-refractivity contribution in [3.63, 3.8) is 0 Å². The number of aliphatic imine (C=N–C) groups is 1. The van der Waals surface area contributed by atoms with Gasteiger partial charge in [0.25, 0.3) is 5.91 Å². The fraction of sp³-hybridized carbons (Fsp3) is 0.533. The van der Waals surface area contributed by atoms with E-state index in [1.165, 1.54) is 11.9 Å². The molecule has 0 N–H and O–H groups in total. The maximum Gasteiger partial charge on any atom is 0.421 e. The summed E-state index contributed by atoms with van der Waals surface area (Å²) < 4.78 is 3.67. The number of amidine groups is 1. The van der Waals surface area contributed by atoms with Gasteiger partial charge >= 0.3 is 12.0 Å². The highest BCUT2D eigenvalue weighted by molar-refractivity contribution is 6.22. The normalized spacial score (nSPS) is 21.3. The van der Waals surface area contributed by atoms with E-state index in [0.717, 1.165) is 22.7 Å². The van der Waals surface area contributed by atoms with Crippen molar-refractivity contribution in [1.82, 2.24) is 19.6 Å². The number of hydrogen-bond acceptors (Lipinski definition) is 4. The van der Waals surface area contributed by atoms with Crippen molar-refractivity contribution in [2.75, 3.05) is 20.6 Å². The molecule has 8 nitrogen and oxygen atoms in total. The van der Waals surface area contributed by atoms with E-state index in [1.807, 2.05) is 31.4 Å². The first kappa shape index (κ1) is 15.4. The molecule has 1 unspecified atom stereocenters. The quantitative estimate of drug-likeness (QED) is 0.743. The lowest BCUT2D eigenvalue weighted by molar-refractivity contribution is -0.537. The molecule has 1 aromatic heterocycles. The first-order chi connectivity index (χ1) is 10.9. The second-order valence-electron chi connectivity index (χ2n) is 5.94. The molecular weight excluding hydrogens is 296 g/mol. The molecule has 0 radical (unpaired) electrons. The van der Waals surface area contributed by atoms with Crippen LogP contribution in [0.2, 0.25) is 0 Å². The van der Waals surface area contributed by atoms with Gasteiger partial charge in [0.1, 0.15) is 5.69 Å². The van der Waals surface area contributed by atoms with E-state index in [1.54, 1.807) is 11.7 Å². The van der Waals surface area contributed by atoms with Crippen molar-refractivity contribution in [3.8, 4) is 0 Å². The average Bonchev–Trinajstić information content (AvgIpc) is 3.03. The van der Waals surface area contributed by atoms with Gasteiger partial charge < -0.3 is 0 Å². The molecule has 1 saturated heterocycles. The van der Waals surface area contributed by atoms with Crippen LogP contribution in [0.15, 0.2) is 11.1 Å². The summed E-state index contributed by atoms with van der Waals surface area (Å²) in [6.07, 6.45) is 0.858. The number of imide groups is 1. The van der Waals surface area contributed by atoms with Gasteiger partial charge in [-0.2, -0.15) is 0 Å². The Kier molecular flexibility index (Phi) is 3.54. The van der Waals surface area contributed by atoms with Crippen LogP contribution in [0.3, 0.4) is 0 Å². The number of amides is 3. The zero-order chi connectivity index (χ0) is 16.9. The number of urea groups is 1. The third-order valence-electron chi connectivity index (χ3n) is 4.17. The van der Waals surface area contributed by atoms with Crippen LogP contribution in [0.25, 0.3) is 0 Å². The van der Waals surface area contributed by atoms with Gasteiger partial charge in [0.05, 0.1) is 12.2 Å². The van der Waals surface area contributed by atoms with Gasteiger partial charge in [-0.25, -0.2) is 9.37 Å². The lowest BCUT2D eigenvalue weighted by atomic mass is 10.1. The molecule has 3 heterocycles. The van der Waals surface area contributed by atoms with Crippen molar-refractivity contribution in [2.24, 2.45) is 4.99 Å². The van der Waals surface area contributed by atoms with Gasteiger partial charge in [0.2, 0.25) is 11.9 Å². The first-order valence-corrected chi connectivity index (χ1v) is 7.67. The summed E-state index contributed by atoms with van der Waals surface area (Å²) in [5, 5.41) is 4.47. The first-order valence-electron chi connectivity index (χ1n) is 7.67. The second kappa shape index (κ2) is 5.29. The highest BCUT2D eigenvalue weighted by atomic mass is 16.2. The second-order valence-corrected chi connectivity index (χ2v) is 5.94. The molecule has 8 heteroatoms. The third kappa shape index (κ3) is 2.16. The van der Waals surface area contributed by atoms with E-state index in [2.05, 4.69) is 10.1 Å². The predicted octanol–water partition coefficient (Wildman–Crippen LogP) is 0.431. The van der Waals surface area contributed by atoms with Crippen LogP contribution in [0, 0.1) is 13.8 Å². The molecule has 23 heavy (non-hydrogen) atoms. The number of nitrogens with zero attached hydrogens (tertiary/aromatic N) is 6. The Bertz CT molecular complexity index is 760. The average molecular weight is 317 g/mol. The number of hydrogen-bond donors (Lipinski definition) is 0. The van der Waals surface area contributed by atoms with Crippen molar-refractivity contribution in [1.29, 1.82) is 0 Å². The Labute approximate surface area is 134 Å². The van der Waals surface area contributed by atoms with Gasteiger partial charge in [-0.15, -0.1) is 9.78 Å². The summed E-state index contributed by atoms with van der Waals surface area (Å²) in [6.45, 7) is 6.57. The van der Waals surface area contributed by atoms with Crippen LogP contribution in [0.5, 0.6) is 0 Å². The van der Waals surface area contributed by atoms with Crippen molar-refractivity contribution >= 4 is 23.7 Å². The molecule has 1 atom stereocenters. The summed E-state index contributed by atoms with van der Waals surface area (Å²) in [4.78, 5) is 32.0. The van der Waals surface area contributed by atoms with Crippen LogP contribution in [-0.4, -0.2) is 74.6 Å². The van der Waals surface area contributed by atoms with Gasteiger partial charge in [0.15, 0.2) is 0 Å². The van der Waals surface area contributed by atoms with Crippen LogP contribution >= 0.6 is 0 Å². The summed E-state index contributed by atoms with van der Waals surface area (Å²) in [5.41, 5.74) is 1.82. The lowest BCUT2D eigenvalue weighted by Crippen LogP contribution is -2.61. The Hall–Kier alpha value is -2.51. The number of fused-ring (bicyclic) bond motifs is 1. The standard InChI is InChI=1S/C15H21N6O2/c1-6-7-20-11-12(18(4)15(23)19(5)13(11)22)16-14(20)21-10(3)8-9(2)17-21/h8,11H,6-7H2,1-5H3/q+1. The van der Waals surface area contributed by atoms with Gasteiger partial charge in [0, 0.05) is 14.1 Å². The molecule has 0 spiro atoms. The maximum absolute atomic E-state index is 12.6. The minimum Gasteiger partial charge on any atom is -0.270 e. The van der Waals surface area contributed by atoms with E-state index in [-0.39, 0.29) is 11.9 Å². The molecule has 122 valence electrons. The summed E-state index contributed by atoms with van der Waals surface area (Å²) in [7, 11) is 3.15. The van der Waals surface area contributed by atoms with Gasteiger partial charge in [-0.1, -0.05) is 11.9 Å². The molecule has 0 aromatic carbocycles. The van der Waals surface area contributed by atoms with E-state index in [4.69, 9.17) is 0 Å². The SMILES string of the molecule is CCC[N+]1=C(n2nc(C)cc2C)N=C2C1C(=O)N(C)C(=O)N2C. The smallest absolute Gasteiger partial charge is 0.270 e. The fourth-order valence-corrected chi connectivity index (χ4v) is 3.06. The van der Waals surface area contributed by atoms with Crippen LogP contribution in [-0.2, 0) is 4.79 Å². The van der Waals surface area contributed by atoms with Crippen molar-refractivity contribution < 1.29 is 14.2 Å². The Morgan fingerprint density at radius 2 is 1.91 bits per heavy atom. The van der Waals surface area contributed by atoms with Crippen molar-refractivity contribution in [2.45, 2.75) is 33.2 Å². The largest absolute Gasteiger partial charge is 0.421 e. The van der Waals surface area contributed by atoms with Crippen LogP contribution in [0.4, 0.5) is 4.79 Å². The topological polar surface area (TPSA) is 73.8 Å². The Balaban J connectivity index is 2.17. The van der Waals surface area contributed by atoms with E-state index < -0.39 is 6.04 Å². The maximum atomic E-state index is 12.6. The minimum absolute atomic E-state index is 0.253. The van der Waals surface area contributed by atoms with E-state index in [0.29, 0.717) is 18.3 Å². The van der Waals surface area contributed by atoms with Gasteiger partial charge in [-0.3, -0.25) is 14.6 Å². The Morgan fingerprint density at radius 3 is 2.48 bits per heavy atom. The highest BCUT2D eigenvalue weighted by Crippen LogP contribution is 2.20. The zero-order valence-corrected chi connectivity index (χ0v) is 14.1. The van der Waals surface area contributed by atoms with Crippen LogP contribution < -0.4 is 0 Å².